The lowest BCUT2D eigenvalue weighted by Crippen LogP contribution is -1.99. The van der Waals surface area contributed by atoms with Crippen molar-refractivity contribution < 1.29 is 4.21 Å². The molecule has 0 bridgehead atoms. The zero-order chi connectivity index (χ0) is 13.0. The van der Waals surface area contributed by atoms with Gasteiger partial charge in [0.25, 0.3) is 0 Å². The minimum Gasteiger partial charge on any atom is -0.380 e. The molecule has 0 unspecified atom stereocenters. The molecule has 2 rings (SSSR count). The summed E-state index contributed by atoms with van der Waals surface area (Å²) in [4.78, 5) is 1.20. The Balaban J connectivity index is 1.98. The Labute approximate surface area is 118 Å². The fraction of sp³-hybridized carbons (Fsp3) is 0.231. The van der Waals surface area contributed by atoms with Gasteiger partial charge in [-0.25, -0.2) is 0 Å². The second-order valence-electron chi connectivity index (χ2n) is 3.98. The van der Waals surface area contributed by atoms with E-state index in [1.165, 1.54) is 4.88 Å². The predicted molar refractivity (Wildman–Crippen MR) is 80.9 cm³/mol. The normalized spacial score (nSPS) is 12.3. The van der Waals surface area contributed by atoms with E-state index in [-0.39, 0.29) is 0 Å². The van der Waals surface area contributed by atoms with Crippen LogP contribution in [0.2, 0.25) is 4.34 Å². The molecular formula is C13H14ClNOS2. The summed E-state index contributed by atoms with van der Waals surface area (Å²) in [5, 5.41) is 3.34. The number of rotatable bonds is 5. The van der Waals surface area contributed by atoms with E-state index in [0.717, 1.165) is 22.1 Å². The van der Waals surface area contributed by atoms with Crippen LogP contribution in [0.4, 0.5) is 5.69 Å². The van der Waals surface area contributed by atoms with Crippen LogP contribution in [-0.2, 0) is 23.1 Å². The summed E-state index contributed by atoms with van der Waals surface area (Å²) in [6.45, 7) is 0.760. The lowest BCUT2D eigenvalue weighted by atomic mass is 10.2. The van der Waals surface area contributed by atoms with Gasteiger partial charge in [-0.1, -0.05) is 23.7 Å². The van der Waals surface area contributed by atoms with Gasteiger partial charge in [0.05, 0.1) is 4.34 Å². The van der Waals surface area contributed by atoms with Gasteiger partial charge in [-0.2, -0.15) is 0 Å². The van der Waals surface area contributed by atoms with Crippen molar-refractivity contribution in [2.45, 2.75) is 12.3 Å². The minimum atomic E-state index is -0.805. The van der Waals surface area contributed by atoms with Crippen LogP contribution in [0.15, 0.2) is 36.4 Å². The molecule has 5 heteroatoms. The Morgan fingerprint density at radius 2 is 2.17 bits per heavy atom. The van der Waals surface area contributed by atoms with Crippen LogP contribution in [-0.4, -0.2) is 10.5 Å². The van der Waals surface area contributed by atoms with E-state index in [4.69, 9.17) is 11.6 Å². The van der Waals surface area contributed by atoms with Gasteiger partial charge in [0.15, 0.2) is 0 Å². The summed E-state index contributed by atoms with van der Waals surface area (Å²) in [7, 11) is -0.805. The number of hydrogen-bond acceptors (Lipinski definition) is 3. The Kier molecular flexibility index (Phi) is 4.80. The van der Waals surface area contributed by atoms with Gasteiger partial charge in [-0.3, -0.25) is 4.21 Å². The minimum absolute atomic E-state index is 0.598. The van der Waals surface area contributed by atoms with Gasteiger partial charge in [-0.05, 0) is 29.8 Å². The highest BCUT2D eigenvalue weighted by atomic mass is 35.5. The maximum atomic E-state index is 11.2. The van der Waals surface area contributed by atoms with Gasteiger partial charge < -0.3 is 5.32 Å². The molecule has 0 spiro atoms. The molecule has 0 saturated carbocycles. The number of thiophene rings is 1. The number of anilines is 1. The molecule has 18 heavy (non-hydrogen) atoms. The maximum Gasteiger partial charge on any atom is 0.0931 e. The Bertz CT molecular complexity index is 553. The number of halogens is 1. The third kappa shape index (κ3) is 4.12. The summed E-state index contributed by atoms with van der Waals surface area (Å²) >= 11 is 7.46. The fourth-order valence-electron chi connectivity index (χ4n) is 1.64. The van der Waals surface area contributed by atoms with Crippen molar-refractivity contribution in [3.8, 4) is 0 Å². The molecule has 0 aliphatic heterocycles. The first-order chi connectivity index (χ1) is 8.63. The van der Waals surface area contributed by atoms with E-state index >= 15 is 0 Å². The van der Waals surface area contributed by atoms with Crippen molar-refractivity contribution >= 4 is 39.4 Å². The van der Waals surface area contributed by atoms with Gasteiger partial charge in [0.2, 0.25) is 0 Å². The lowest BCUT2D eigenvalue weighted by Gasteiger charge is -2.06. The molecule has 2 nitrogen and oxygen atoms in total. The zero-order valence-corrected chi connectivity index (χ0v) is 12.4. The molecule has 1 heterocycles. The zero-order valence-electron chi connectivity index (χ0n) is 9.98. The van der Waals surface area contributed by atoms with E-state index in [9.17, 15) is 4.21 Å². The molecule has 1 N–H and O–H groups in total. The highest BCUT2D eigenvalue weighted by Gasteiger charge is 2.00. The summed E-state index contributed by atoms with van der Waals surface area (Å²) in [6.07, 6.45) is 1.72. The lowest BCUT2D eigenvalue weighted by molar-refractivity contribution is 0.686. The molecule has 1 aromatic carbocycles. The second kappa shape index (κ2) is 6.36. The van der Waals surface area contributed by atoms with Gasteiger partial charge in [0, 0.05) is 39.9 Å². The highest BCUT2D eigenvalue weighted by molar-refractivity contribution is 7.83. The van der Waals surface area contributed by atoms with Gasteiger partial charge in [-0.15, -0.1) is 11.3 Å². The topological polar surface area (TPSA) is 29.1 Å². The van der Waals surface area contributed by atoms with E-state index in [1.807, 2.05) is 36.4 Å². The molecule has 0 amide bonds. The third-order valence-electron chi connectivity index (χ3n) is 2.39. The van der Waals surface area contributed by atoms with E-state index < -0.39 is 10.8 Å². The van der Waals surface area contributed by atoms with Crippen molar-refractivity contribution in [3.05, 3.63) is 51.2 Å². The first kappa shape index (κ1) is 13.6. The van der Waals surface area contributed by atoms with Crippen molar-refractivity contribution in [1.29, 1.82) is 0 Å². The summed E-state index contributed by atoms with van der Waals surface area (Å²) < 4.78 is 12.0. The molecule has 0 aliphatic rings. The average molecular weight is 300 g/mol. The smallest absolute Gasteiger partial charge is 0.0931 e. The SMILES string of the molecule is C[S@@](=O)Cc1cccc(NCc2ccc(Cl)s2)c1. The Hall–Kier alpha value is -0.840. The standard InChI is InChI=1S/C13H14ClNOS2/c1-18(16)9-10-3-2-4-11(7-10)15-8-12-5-6-13(14)17-12/h2-7,15H,8-9H2,1H3/t18-/m1/s1. The average Bonchev–Trinajstić information content (AvgIpc) is 2.72. The molecule has 96 valence electrons. The molecule has 1 aromatic heterocycles. The molecule has 2 aromatic rings. The van der Waals surface area contributed by atoms with Crippen LogP contribution < -0.4 is 5.32 Å². The fourth-order valence-corrected chi connectivity index (χ4v) is 3.32. The first-order valence-corrected chi connectivity index (χ1v) is 8.43. The monoisotopic (exact) mass is 299 g/mol. The molecule has 0 radical (unpaired) electrons. The molecular weight excluding hydrogens is 286 g/mol. The van der Waals surface area contributed by atoms with E-state index in [1.54, 1.807) is 17.6 Å². The van der Waals surface area contributed by atoms with Crippen LogP contribution in [0.3, 0.4) is 0 Å². The van der Waals surface area contributed by atoms with Crippen LogP contribution in [0, 0.1) is 0 Å². The van der Waals surface area contributed by atoms with E-state index in [2.05, 4.69) is 5.32 Å². The number of hydrogen-bond donors (Lipinski definition) is 1. The number of nitrogens with one attached hydrogen (secondary N) is 1. The maximum absolute atomic E-state index is 11.2. The third-order valence-corrected chi connectivity index (χ3v) is 4.36. The Morgan fingerprint density at radius 1 is 1.33 bits per heavy atom. The highest BCUT2D eigenvalue weighted by Crippen LogP contribution is 2.22. The predicted octanol–water partition coefficient (Wildman–Crippen LogP) is 3.89. The summed E-state index contributed by atoms with van der Waals surface area (Å²) in [5.41, 5.74) is 2.13. The van der Waals surface area contributed by atoms with Crippen LogP contribution in [0.5, 0.6) is 0 Å². The summed E-state index contributed by atoms with van der Waals surface area (Å²) in [6, 6.07) is 11.9. The second-order valence-corrected chi connectivity index (χ2v) is 7.21. The van der Waals surface area contributed by atoms with Crippen molar-refractivity contribution in [3.63, 3.8) is 0 Å². The van der Waals surface area contributed by atoms with Gasteiger partial charge >= 0.3 is 0 Å². The van der Waals surface area contributed by atoms with Crippen molar-refractivity contribution in [1.82, 2.24) is 0 Å². The molecule has 1 atom stereocenters. The van der Waals surface area contributed by atoms with Crippen LogP contribution in [0.25, 0.3) is 0 Å². The van der Waals surface area contributed by atoms with Gasteiger partial charge in [0.1, 0.15) is 0 Å². The van der Waals surface area contributed by atoms with Crippen molar-refractivity contribution in [2.24, 2.45) is 0 Å². The Morgan fingerprint density at radius 3 is 2.83 bits per heavy atom. The van der Waals surface area contributed by atoms with Crippen molar-refractivity contribution in [2.75, 3.05) is 11.6 Å². The molecule has 0 fully saturated rings. The first-order valence-electron chi connectivity index (χ1n) is 5.50. The number of benzene rings is 1. The quantitative estimate of drug-likeness (QED) is 0.907. The summed E-state index contributed by atoms with van der Waals surface area (Å²) in [5.74, 6) is 0.598. The van der Waals surface area contributed by atoms with Crippen LogP contribution in [0.1, 0.15) is 10.4 Å². The van der Waals surface area contributed by atoms with E-state index in [0.29, 0.717) is 5.75 Å². The molecule has 0 aliphatic carbocycles. The molecule has 0 saturated heterocycles. The largest absolute Gasteiger partial charge is 0.380 e. The van der Waals surface area contributed by atoms with Crippen LogP contribution >= 0.6 is 22.9 Å².